The van der Waals surface area contributed by atoms with Crippen LogP contribution in [-0.4, -0.2) is 48.3 Å². The van der Waals surface area contributed by atoms with Crippen molar-refractivity contribution >= 4 is 28.4 Å². The summed E-state index contributed by atoms with van der Waals surface area (Å²) >= 11 is 0. The molecule has 1 heterocycles. The van der Waals surface area contributed by atoms with Gasteiger partial charge in [-0.15, -0.1) is 0 Å². The van der Waals surface area contributed by atoms with E-state index >= 15 is 0 Å². The molecule has 0 amide bonds. The average Bonchev–Trinajstić information content (AvgIpc) is 2.88. The summed E-state index contributed by atoms with van der Waals surface area (Å²) in [5.74, 6) is 0.733. The van der Waals surface area contributed by atoms with Crippen molar-refractivity contribution < 1.29 is 14.3 Å². The molecular formula is C29H34N4O3. The van der Waals surface area contributed by atoms with Crippen LogP contribution in [0.25, 0.3) is 10.8 Å². The van der Waals surface area contributed by atoms with Gasteiger partial charge in [0.15, 0.2) is 0 Å². The van der Waals surface area contributed by atoms with Crippen LogP contribution >= 0.6 is 0 Å². The van der Waals surface area contributed by atoms with E-state index in [2.05, 4.69) is 4.90 Å². The van der Waals surface area contributed by atoms with Crippen LogP contribution in [0.4, 0.5) is 0 Å². The fraction of sp³-hybridized carbons (Fsp3) is 0.345. The second-order valence-corrected chi connectivity index (χ2v) is 9.28. The number of amidine groups is 2. The van der Waals surface area contributed by atoms with E-state index in [0.717, 1.165) is 53.6 Å². The lowest BCUT2D eigenvalue weighted by Gasteiger charge is -2.32. The molecule has 1 aliphatic heterocycles. The van der Waals surface area contributed by atoms with Gasteiger partial charge in [0.05, 0.1) is 18.4 Å². The molecule has 4 N–H and O–H groups in total. The second-order valence-electron chi connectivity index (χ2n) is 9.28. The van der Waals surface area contributed by atoms with Crippen molar-refractivity contribution in [3.63, 3.8) is 0 Å². The zero-order chi connectivity index (χ0) is 25.7. The van der Waals surface area contributed by atoms with E-state index in [1.54, 1.807) is 0 Å². The number of benzene rings is 3. The molecule has 36 heavy (non-hydrogen) atoms. The fourth-order valence-corrected chi connectivity index (χ4v) is 4.69. The number of rotatable bonds is 8. The van der Waals surface area contributed by atoms with Crippen molar-refractivity contribution in [1.82, 2.24) is 4.90 Å². The third kappa shape index (κ3) is 6.03. The lowest BCUT2D eigenvalue weighted by molar-refractivity contribution is -0.144. The van der Waals surface area contributed by atoms with Gasteiger partial charge < -0.3 is 20.1 Å². The number of fused-ring (bicyclic) bond motifs is 1. The number of nitrogens with one attached hydrogen (secondary N) is 2. The minimum Gasteiger partial charge on any atom is -0.490 e. The summed E-state index contributed by atoms with van der Waals surface area (Å²) in [6.45, 7) is 5.63. The van der Waals surface area contributed by atoms with Gasteiger partial charge in [0.25, 0.3) is 0 Å². The number of piperidine rings is 1. The highest BCUT2D eigenvalue weighted by molar-refractivity contribution is 5.99. The Labute approximate surface area is 212 Å². The maximum absolute atomic E-state index is 12.9. The largest absolute Gasteiger partial charge is 0.490 e. The maximum Gasteiger partial charge on any atom is 0.313 e. The summed E-state index contributed by atoms with van der Waals surface area (Å²) in [5.41, 5.74) is 8.23. The predicted octanol–water partition coefficient (Wildman–Crippen LogP) is 4.85. The summed E-state index contributed by atoms with van der Waals surface area (Å²) < 4.78 is 11.6. The average molecular weight is 487 g/mol. The summed E-state index contributed by atoms with van der Waals surface area (Å²) in [6, 6.07) is 19.5. The number of esters is 1. The molecule has 7 nitrogen and oxygen atoms in total. The molecule has 0 bridgehead atoms. The van der Waals surface area contributed by atoms with Gasteiger partial charge in [-0.25, -0.2) is 0 Å². The van der Waals surface area contributed by atoms with Crippen LogP contribution in [0, 0.1) is 10.8 Å². The van der Waals surface area contributed by atoms with E-state index in [-0.39, 0.29) is 17.9 Å². The van der Waals surface area contributed by atoms with Gasteiger partial charge >= 0.3 is 5.97 Å². The van der Waals surface area contributed by atoms with Crippen molar-refractivity contribution in [2.45, 2.75) is 45.1 Å². The molecule has 4 rings (SSSR count). The van der Waals surface area contributed by atoms with E-state index in [4.69, 9.17) is 26.0 Å². The van der Waals surface area contributed by atoms with Crippen LogP contribution < -0.4 is 10.5 Å². The monoisotopic (exact) mass is 486 g/mol. The Bertz CT molecular complexity index is 1250. The highest BCUT2D eigenvalue weighted by atomic mass is 16.5. The Balaban J connectivity index is 1.50. The summed E-state index contributed by atoms with van der Waals surface area (Å²) in [5, 5.41) is 17.5. The number of likely N-dealkylation sites (tertiary alicyclic amines) is 1. The minimum atomic E-state index is -0.439. The number of hydrogen-bond donors (Lipinski definition) is 3. The molecule has 0 aliphatic carbocycles. The number of ether oxygens (including phenoxy) is 2. The Kier molecular flexibility index (Phi) is 7.88. The molecule has 0 aromatic heterocycles. The lowest BCUT2D eigenvalue weighted by atomic mass is 9.91. The maximum atomic E-state index is 12.9. The SMILES string of the molecule is CCOC(=O)C(Cc1ccc2ccc(C(=N)N)cc2c1)c1ccc(OC2CCN(C(C)=N)CC2)cc1. The third-order valence-electron chi connectivity index (χ3n) is 6.73. The number of nitrogen functional groups attached to an aromatic ring is 1. The Morgan fingerprint density at radius 1 is 1.03 bits per heavy atom. The molecule has 0 radical (unpaired) electrons. The number of hydrogen-bond acceptors (Lipinski definition) is 5. The van der Waals surface area contributed by atoms with Gasteiger partial charge in [0.1, 0.15) is 17.7 Å². The summed E-state index contributed by atoms with van der Waals surface area (Å²) in [6.07, 6.45) is 2.40. The molecule has 1 atom stereocenters. The van der Waals surface area contributed by atoms with Crippen LogP contribution in [0.1, 0.15) is 49.3 Å². The van der Waals surface area contributed by atoms with E-state index in [1.807, 2.05) is 74.5 Å². The number of carbonyl (C=O) groups excluding carboxylic acids is 1. The number of carbonyl (C=O) groups is 1. The van der Waals surface area contributed by atoms with E-state index in [9.17, 15) is 4.79 Å². The van der Waals surface area contributed by atoms with Gasteiger partial charge in [-0.2, -0.15) is 0 Å². The molecule has 7 heteroatoms. The molecule has 1 fully saturated rings. The molecule has 0 saturated carbocycles. The summed E-state index contributed by atoms with van der Waals surface area (Å²) in [7, 11) is 0. The fourth-order valence-electron chi connectivity index (χ4n) is 4.69. The lowest BCUT2D eigenvalue weighted by Crippen LogP contribution is -2.40. The van der Waals surface area contributed by atoms with Crippen LogP contribution in [0.15, 0.2) is 60.7 Å². The first-order chi connectivity index (χ1) is 17.3. The minimum absolute atomic E-state index is 0.0319. The van der Waals surface area contributed by atoms with Gasteiger partial charge in [-0.1, -0.05) is 42.5 Å². The van der Waals surface area contributed by atoms with E-state index in [0.29, 0.717) is 24.4 Å². The zero-order valence-corrected chi connectivity index (χ0v) is 20.9. The van der Waals surface area contributed by atoms with Gasteiger partial charge in [-0.05, 0) is 60.4 Å². The summed E-state index contributed by atoms with van der Waals surface area (Å²) in [4.78, 5) is 15.0. The Morgan fingerprint density at radius 3 is 2.36 bits per heavy atom. The van der Waals surface area contributed by atoms with Crippen LogP contribution in [0.5, 0.6) is 5.75 Å². The van der Waals surface area contributed by atoms with Gasteiger partial charge in [0.2, 0.25) is 0 Å². The smallest absolute Gasteiger partial charge is 0.313 e. The molecule has 1 saturated heterocycles. The quantitative estimate of drug-likeness (QED) is 0.239. The van der Waals surface area contributed by atoms with E-state index < -0.39 is 5.92 Å². The highest BCUT2D eigenvalue weighted by Gasteiger charge is 2.24. The predicted molar refractivity (Wildman–Crippen MR) is 143 cm³/mol. The van der Waals surface area contributed by atoms with Crippen molar-refractivity contribution in [2.75, 3.05) is 19.7 Å². The number of nitrogens with two attached hydrogens (primary N) is 1. The molecule has 1 aliphatic rings. The molecule has 1 unspecified atom stereocenters. The Hall–Kier alpha value is -3.87. The van der Waals surface area contributed by atoms with Gasteiger partial charge in [-0.3, -0.25) is 15.6 Å². The van der Waals surface area contributed by atoms with Crippen LogP contribution in [-0.2, 0) is 16.0 Å². The normalized spacial score (nSPS) is 14.9. The first-order valence-corrected chi connectivity index (χ1v) is 12.4. The standard InChI is InChI=1S/C29H34N4O3/c1-3-35-29(34)27(17-20-4-5-21-6-7-23(28(31)32)18-24(21)16-20)22-8-10-25(11-9-22)36-26-12-14-33(15-13-26)19(2)30/h4-11,16,18,26-27,30H,3,12-15,17H2,1-2H3,(H3,31,32). The van der Waals surface area contributed by atoms with Crippen LogP contribution in [0.2, 0.25) is 0 Å². The van der Waals surface area contributed by atoms with Gasteiger partial charge in [0, 0.05) is 31.5 Å². The van der Waals surface area contributed by atoms with E-state index in [1.165, 1.54) is 0 Å². The molecule has 0 spiro atoms. The molecule has 3 aromatic carbocycles. The third-order valence-corrected chi connectivity index (χ3v) is 6.73. The number of nitrogens with zero attached hydrogens (tertiary/aromatic N) is 1. The molecule has 3 aromatic rings. The molecular weight excluding hydrogens is 452 g/mol. The Morgan fingerprint density at radius 2 is 1.72 bits per heavy atom. The zero-order valence-electron chi connectivity index (χ0n) is 20.9. The van der Waals surface area contributed by atoms with Crippen molar-refractivity contribution in [2.24, 2.45) is 5.73 Å². The van der Waals surface area contributed by atoms with Crippen LogP contribution in [0.3, 0.4) is 0 Å². The topological polar surface area (TPSA) is 112 Å². The van der Waals surface area contributed by atoms with Crippen molar-refractivity contribution in [3.8, 4) is 5.75 Å². The highest BCUT2D eigenvalue weighted by Crippen LogP contribution is 2.28. The second kappa shape index (κ2) is 11.2. The first kappa shape index (κ1) is 25.2. The van der Waals surface area contributed by atoms with Crippen molar-refractivity contribution in [1.29, 1.82) is 10.8 Å². The first-order valence-electron chi connectivity index (χ1n) is 12.4. The van der Waals surface area contributed by atoms with Crippen molar-refractivity contribution in [3.05, 3.63) is 77.4 Å². The molecule has 188 valence electrons.